The standard InChI is InChI=1S/C24H18N6O/c1-4-16-9-8-10-17-13-20(15(2)28-22-19(26-3)14-27-24(25)29-22)30(23(31)21(16)17)18-11-6-5-7-12-18/h1,5-15H,2H3,(H3,25,27,28,29)/t15-/m0/s1. The molecule has 2 aromatic heterocycles. The summed E-state index contributed by atoms with van der Waals surface area (Å²) in [4.78, 5) is 25.1. The number of hydrogen-bond acceptors (Lipinski definition) is 5. The molecule has 4 aromatic rings. The molecule has 150 valence electrons. The van der Waals surface area contributed by atoms with Crippen LogP contribution < -0.4 is 16.6 Å². The third kappa shape index (κ3) is 3.57. The number of nitrogens with one attached hydrogen (secondary N) is 1. The molecule has 1 atom stereocenters. The van der Waals surface area contributed by atoms with Crippen LogP contribution in [0.4, 0.5) is 17.5 Å². The van der Waals surface area contributed by atoms with Crippen LogP contribution in [-0.4, -0.2) is 14.5 Å². The van der Waals surface area contributed by atoms with Crippen molar-refractivity contribution in [3.63, 3.8) is 0 Å². The summed E-state index contributed by atoms with van der Waals surface area (Å²) in [6.07, 6.45) is 7.02. The lowest BCUT2D eigenvalue weighted by Gasteiger charge is -2.22. The third-order valence-electron chi connectivity index (χ3n) is 4.95. The van der Waals surface area contributed by atoms with E-state index in [1.54, 1.807) is 10.6 Å². The fourth-order valence-electron chi connectivity index (χ4n) is 3.52. The second-order valence-electron chi connectivity index (χ2n) is 6.90. The van der Waals surface area contributed by atoms with Crippen molar-refractivity contribution in [1.82, 2.24) is 14.5 Å². The molecule has 0 bridgehead atoms. The number of rotatable bonds is 4. The minimum absolute atomic E-state index is 0.0553. The summed E-state index contributed by atoms with van der Waals surface area (Å²) in [6, 6.07) is 16.3. The Bertz CT molecular complexity index is 1430. The molecule has 0 saturated carbocycles. The van der Waals surface area contributed by atoms with Gasteiger partial charge < -0.3 is 11.1 Å². The lowest BCUT2D eigenvalue weighted by atomic mass is 10.0. The van der Waals surface area contributed by atoms with Crippen molar-refractivity contribution in [3.05, 3.63) is 93.8 Å². The van der Waals surface area contributed by atoms with E-state index in [-0.39, 0.29) is 23.2 Å². The van der Waals surface area contributed by atoms with Gasteiger partial charge in [0.15, 0.2) is 0 Å². The van der Waals surface area contributed by atoms with Gasteiger partial charge in [0.2, 0.25) is 11.6 Å². The first-order chi connectivity index (χ1) is 15.0. The molecule has 0 radical (unpaired) electrons. The van der Waals surface area contributed by atoms with Gasteiger partial charge in [-0.25, -0.2) is 14.8 Å². The molecule has 0 spiro atoms. The van der Waals surface area contributed by atoms with Gasteiger partial charge in [0, 0.05) is 23.1 Å². The molecular formula is C24H18N6O. The van der Waals surface area contributed by atoms with E-state index >= 15 is 0 Å². The molecule has 31 heavy (non-hydrogen) atoms. The molecule has 3 N–H and O–H groups in total. The number of para-hydroxylation sites is 1. The smallest absolute Gasteiger partial charge is 0.264 e. The van der Waals surface area contributed by atoms with Crippen LogP contribution in [0.15, 0.2) is 65.6 Å². The molecule has 0 amide bonds. The summed E-state index contributed by atoms with van der Waals surface area (Å²) in [7, 11) is 0. The molecule has 0 aliphatic heterocycles. The van der Waals surface area contributed by atoms with E-state index in [0.29, 0.717) is 28.1 Å². The van der Waals surface area contributed by atoms with Crippen LogP contribution in [0.25, 0.3) is 21.3 Å². The summed E-state index contributed by atoms with van der Waals surface area (Å²) in [5, 5.41) is 4.43. The average Bonchev–Trinajstić information content (AvgIpc) is 2.79. The number of pyridine rings is 1. The van der Waals surface area contributed by atoms with Crippen molar-refractivity contribution in [1.29, 1.82) is 0 Å². The number of nitrogens with zero attached hydrogens (tertiary/aromatic N) is 4. The normalized spacial score (nSPS) is 11.5. The van der Waals surface area contributed by atoms with Crippen LogP contribution in [0.2, 0.25) is 0 Å². The van der Waals surface area contributed by atoms with Crippen LogP contribution in [0.5, 0.6) is 0 Å². The molecule has 7 nitrogen and oxygen atoms in total. The van der Waals surface area contributed by atoms with E-state index in [9.17, 15) is 4.79 Å². The highest BCUT2D eigenvalue weighted by molar-refractivity contribution is 5.88. The Hall–Kier alpha value is -4.62. The fourth-order valence-corrected chi connectivity index (χ4v) is 3.52. The Morgan fingerprint density at radius 2 is 2.00 bits per heavy atom. The van der Waals surface area contributed by atoms with Gasteiger partial charge in [0.1, 0.15) is 5.82 Å². The van der Waals surface area contributed by atoms with Crippen LogP contribution in [-0.2, 0) is 0 Å². The Kier molecular flexibility index (Phi) is 5.09. The van der Waals surface area contributed by atoms with Crippen LogP contribution in [0, 0.1) is 18.9 Å². The lowest BCUT2D eigenvalue weighted by molar-refractivity contribution is 0.774. The van der Waals surface area contributed by atoms with Gasteiger partial charge in [-0.3, -0.25) is 9.36 Å². The van der Waals surface area contributed by atoms with Crippen molar-refractivity contribution in [2.24, 2.45) is 0 Å². The number of aromatic nitrogens is 3. The predicted molar refractivity (Wildman–Crippen MR) is 122 cm³/mol. The summed E-state index contributed by atoms with van der Waals surface area (Å²) < 4.78 is 1.63. The molecule has 0 saturated heterocycles. The zero-order chi connectivity index (χ0) is 22.0. The quantitative estimate of drug-likeness (QED) is 0.394. The van der Waals surface area contributed by atoms with Crippen molar-refractivity contribution in [3.8, 4) is 18.0 Å². The molecular weight excluding hydrogens is 388 g/mol. The van der Waals surface area contributed by atoms with Gasteiger partial charge in [-0.05, 0) is 36.6 Å². The van der Waals surface area contributed by atoms with E-state index < -0.39 is 0 Å². The van der Waals surface area contributed by atoms with E-state index in [4.69, 9.17) is 18.7 Å². The van der Waals surface area contributed by atoms with Gasteiger partial charge in [0.25, 0.3) is 5.56 Å². The topological polar surface area (TPSA) is 90.2 Å². The molecule has 0 unspecified atom stereocenters. The maximum absolute atomic E-state index is 13.6. The minimum Gasteiger partial charge on any atom is -0.371 e. The molecule has 0 fully saturated rings. The first-order valence-corrected chi connectivity index (χ1v) is 9.50. The van der Waals surface area contributed by atoms with Gasteiger partial charge in [0.05, 0.1) is 18.0 Å². The fraction of sp³-hybridized carbons (Fsp3) is 0.0833. The van der Waals surface area contributed by atoms with Crippen LogP contribution >= 0.6 is 0 Å². The lowest BCUT2D eigenvalue weighted by Crippen LogP contribution is -2.26. The predicted octanol–water partition coefficient (Wildman–Crippen LogP) is 4.07. The second kappa shape index (κ2) is 8.02. The first-order valence-electron chi connectivity index (χ1n) is 9.50. The SMILES string of the molecule is [C-]#[N+]c1cnc(N)nc1N[C@@H](C)c1cc2cccc(C#C)c2c(=O)n1-c1ccccc1. The average molecular weight is 406 g/mol. The van der Waals surface area contributed by atoms with Gasteiger partial charge in [-0.2, -0.15) is 0 Å². The minimum atomic E-state index is -0.387. The zero-order valence-electron chi connectivity index (χ0n) is 16.7. The largest absolute Gasteiger partial charge is 0.371 e. The third-order valence-corrected chi connectivity index (χ3v) is 4.95. The van der Waals surface area contributed by atoms with Crippen LogP contribution in [0.1, 0.15) is 24.2 Å². The first kappa shape index (κ1) is 19.7. The Labute approximate surface area is 179 Å². The number of nitrogens with two attached hydrogens (primary N) is 1. The van der Waals surface area contributed by atoms with Crippen molar-refractivity contribution in [2.75, 3.05) is 11.1 Å². The van der Waals surface area contributed by atoms with Gasteiger partial charge >= 0.3 is 0 Å². The maximum Gasteiger partial charge on any atom is 0.264 e. The van der Waals surface area contributed by atoms with Gasteiger partial charge in [-0.15, -0.1) is 6.42 Å². The monoisotopic (exact) mass is 406 g/mol. The van der Waals surface area contributed by atoms with E-state index in [1.165, 1.54) is 6.20 Å². The van der Waals surface area contributed by atoms with Crippen molar-refractivity contribution in [2.45, 2.75) is 13.0 Å². The van der Waals surface area contributed by atoms with Crippen molar-refractivity contribution < 1.29 is 0 Å². The highest BCUT2D eigenvalue weighted by atomic mass is 16.1. The number of fused-ring (bicyclic) bond motifs is 1. The van der Waals surface area contributed by atoms with Crippen molar-refractivity contribution >= 4 is 28.2 Å². The summed E-state index contributed by atoms with van der Waals surface area (Å²) >= 11 is 0. The number of anilines is 2. The molecule has 0 aliphatic rings. The zero-order valence-corrected chi connectivity index (χ0v) is 16.7. The Balaban J connectivity index is 1.96. The Morgan fingerprint density at radius 1 is 1.23 bits per heavy atom. The summed E-state index contributed by atoms with van der Waals surface area (Å²) in [5.41, 5.74) is 7.67. The van der Waals surface area contributed by atoms with E-state index in [0.717, 1.165) is 5.39 Å². The van der Waals surface area contributed by atoms with E-state index in [2.05, 4.69) is 26.1 Å². The Morgan fingerprint density at radius 3 is 2.71 bits per heavy atom. The highest BCUT2D eigenvalue weighted by Gasteiger charge is 2.19. The number of hydrogen-bond donors (Lipinski definition) is 2. The van der Waals surface area contributed by atoms with Crippen LogP contribution in [0.3, 0.4) is 0 Å². The number of benzene rings is 2. The molecule has 0 aliphatic carbocycles. The molecule has 7 heteroatoms. The highest BCUT2D eigenvalue weighted by Crippen LogP contribution is 2.29. The van der Waals surface area contributed by atoms with E-state index in [1.807, 2.05) is 55.5 Å². The molecule has 2 heterocycles. The molecule has 4 rings (SSSR count). The maximum atomic E-state index is 13.6. The second-order valence-corrected chi connectivity index (χ2v) is 6.90. The summed E-state index contributed by atoms with van der Waals surface area (Å²) in [6.45, 7) is 9.24. The van der Waals surface area contributed by atoms with Gasteiger partial charge in [-0.1, -0.05) is 36.3 Å². The summed E-state index contributed by atoms with van der Waals surface area (Å²) in [5.74, 6) is 2.97. The molecule has 2 aromatic carbocycles. The number of terminal acetylenes is 1. The number of nitrogen functional groups attached to an aromatic ring is 1.